The zero-order chi connectivity index (χ0) is 85.8. The molecule has 2 aliphatic heterocycles. The zero-order valence-electron chi connectivity index (χ0n) is 52.9. The highest BCUT2D eigenvalue weighted by Gasteiger charge is 2.39. The highest BCUT2D eigenvalue weighted by Crippen LogP contribution is 2.51. The Bertz CT molecular complexity index is 8670. The molecule has 1 N–H and O–H groups in total. The number of hydrogen-bond donors (Lipinski definition) is 1. The fraction of sp³-hybridized carbons (Fsp3) is 0.500. The van der Waals surface area contributed by atoms with Crippen LogP contribution in [0.1, 0.15) is 67.3 Å². The minimum atomic E-state index is -0.491. The second-order valence-corrected chi connectivity index (χ2v) is 187. The number of rotatable bonds is 2. The zero-order valence-corrected chi connectivity index (χ0v) is 135. The van der Waals surface area contributed by atoms with Crippen LogP contribution in [0.2, 0.25) is 0 Å². The number of ether oxygens (including phenoxy) is 1. The molecule has 0 spiro atoms. The lowest BCUT2D eigenvalue weighted by Crippen LogP contribution is -2.28. The van der Waals surface area contributed by atoms with Crippen molar-refractivity contribution in [2.75, 3.05) is 5.32 Å². The van der Waals surface area contributed by atoms with Crippen LogP contribution in [0.15, 0.2) is 12.1 Å². The lowest BCUT2D eigenvalue weighted by Gasteiger charge is -2.20. The maximum atomic E-state index is 12.1. The molecule has 2 bridgehead atoms. The maximum Gasteiger partial charge on any atom is 0.229 e. The maximum absolute atomic E-state index is 12.1. The smallest absolute Gasteiger partial charge is 0.229 e. The van der Waals surface area contributed by atoms with E-state index in [4.69, 9.17) is 27.1 Å². The highest BCUT2D eigenvalue weighted by molar-refractivity contribution is 8.87. The largest absolute Gasteiger partial charge is 0.366 e. The molecule has 1 fully saturated rings. The minimum Gasteiger partial charge on any atom is -0.366 e. The first-order valence-corrected chi connectivity index (χ1v) is 155. The highest BCUT2D eigenvalue weighted by atomic mass is 33.6. The van der Waals surface area contributed by atoms with E-state index >= 15 is 0 Å². The van der Waals surface area contributed by atoms with Gasteiger partial charge in [0.15, 0.2) is 6.29 Å². The summed E-state index contributed by atoms with van der Waals surface area (Å²) < 4.78 is 5.84. The summed E-state index contributed by atoms with van der Waals surface area (Å²) in [5, 5.41) is 2.86. The molecule has 1 amide bonds. The Labute approximate surface area is 980 Å². The van der Waals surface area contributed by atoms with Crippen LogP contribution in [0.3, 0.4) is 0 Å². The molecule has 706 valence electrons. The Kier molecular flexibility index (Phi) is 131. The van der Waals surface area contributed by atoms with Crippen LogP contribution >= 0.6 is 0 Å². The molecule has 104 heteroatoms. The molecule has 120 heavy (non-hydrogen) atoms. The van der Waals surface area contributed by atoms with Gasteiger partial charge in [-0.05, 0) is 36.1 Å². The van der Waals surface area contributed by atoms with Crippen molar-refractivity contribution in [3.63, 3.8) is 0 Å². The quantitative estimate of drug-likeness (QED) is 0.463. The fourth-order valence-electron chi connectivity index (χ4n) is 3.91. The van der Waals surface area contributed by atoms with Gasteiger partial charge in [-0.3, -0.25) is 9.59 Å². The van der Waals surface area contributed by atoms with E-state index in [0.29, 0.717) is 11.3 Å². The first-order chi connectivity index (χ1) is 59.3. The van der Waals surface area contributed by atoms with Gasteiger partial charge in [0.05, 0.1) is 17.9 Å². The summed E-state index contributed by atoms with van der Waals surface area (Å²) in [6.45, 7) is 5.55. The third-order valence-electron chi connectivity index (χ3n) is 6.72. The Balaban J connectivity index is 0.00000209. The molecule has 1 saturated heterocycles. The summed E-state index contributed by atoms with van der Waals surface area (Å²) in [6.07, 6.45) is 3.08. The molecular formula is C16H19NO3S100. The number of carbonyl (C=O) groups is 2. The van der Waals surface area contributed by atoms with E-state index in [1.165, 1.54) is 17.8 Å². The number of fused-ring (bicyclic) bond motifs is 5. The van der Waals surface area contributed by atoms with Crippen molar-refractivity contribution in [1.82, 2.24) is 0 Å². The molecule has 2 heterocycles. The van der Waals surface area contributed by atoms with Gasteiger partial charge in [0, 0.05) is 904 Å². The van der Waals surface area contributed by atoms with Gasteiger partial charge in [-0.2, -0.15) is 0 Å². The Morgan fingerprint density at radius 3 is 0.492 bits per heavy atom. The Morgan fingerprint density at radius 2 is 0.375 bits per heavy atom. The second-order valence-electron chi connectivity index (χ2n) is 13.2. The number of amides is 1. The summed E-state index contributed by atoms with van der Waals surface area (Å²) in [5.74, 6) is -0.0929. The van der Waals surface area contributed by atoms with Crippen LogP contribution in [-0.4, -0.2) is 12.2 Å². The third-order valence-corrected chi connectivity index (χ3v) is 222. The molecule has 2 aliphatic rings. The van der Waals surface area contributed by atoms with E-state index < -0.39 is 5.41 Å². The van der Waals surface area contributed by atoms with E-state index in [0.717, 1.165) is 30.3 Å². The first kappa shape index (κ1) is 136. The van der Waals surface area contributed by atoms with Gasteiger partial charge in [-0.15, -0.1) is 0 Å². The first-order valence-electron chi connectivity index (χ1n) is 23.5. The average Bonchev–Trinajstić information content (AvgIpc) is 1.61. The lowest BCUT2D eigenvalue weighted by molar-refractivity contribution is -0.123. The monoisotopic (exact) mass is 3470 g/mol. The van der Waals surface area contributed by atoms with E-state index in [-0.39, 0.29) is 18.1 Å². The van der Waals surface area contributed by atoms with E-state index in [1.807, 2.05) is 779 Å². The lowest BCUT2D eigenvalue weighted by atomic mass is 9.89. The number of hydrogen-bond acceptors (Lipinski definition) is 5. The van der Waals surface area contributed by atoms with E-state index in [2.05, 4.69) is 5.32 Å². The van der Waals surface area contributed by atoms with Gasteiger partial charge in [0.1, 0.15) is 0 Å². The topological polar surface area (TPSA) is 55.4 Å². The van der Waals surface area contributed by atoms with Crippen LogP contribution in [0.25, 0.3) is 0 Å². The van der Waals surface area contributed by atoms with E-state index in [9.17, 15) is 9.59 Å². The molecule has 2 unspecified atom stereocenters. The van der Waals surface area contributed by atoms with Crippen LogP contribution in [0, 0.1) is 5.41 Å². The van der Waals surface area contributed by atoms with Crippen molar-refractivity contribution < 1.29 is 14.3 Å². The van der Waals surface area contributed by atoms with Gasteiger partial charge in [0.25, 0.3) is 0 Å². The fourth-order valence-corrected chi connectivity index (χ4v) is 267. The van der Waals surface area contributed by atoms with Crippen molar-refractivity contribution in [1.29, 1.82) is 0 Å². The minimum absolute atomic E-state index is 0.0929. The molecular weight excluding hydrogens is 3460 g/mol. The van der Waals surface area contributed by atoms with Gasteiger partial charge in [-0.1, -0.05) is 20.8 Å². The Hall–Kier alpha value is 20.3. The summed E-state index contributed by atoms with van der Waals surface area (Å²) in [6, 6.07) is 3.77. The molecule has 3 rings (SSSR count). The third kappa shape index (κ3) is 99.0. The molecule has 2 atom stereocenters. The van der Waals surface area contributed by atoms with Crippen molar-refractivity contribution >= 4 is 911 Å². The van der Waals surface area contributed by atoms with Gasteiger partial charge >= 0.3 is 0 Å². The summed E-state index contributed by atoms with van der Waals surface area (Å²) in [7, 11) is 177. The normalized spacial score (nSPS) is 10.5. The average molecular weight is 3480 g/mol. The molecule has 4 nitrogen and oxygen atoms in total. The molecule has 0 aromatic heterocycles. The number of aldehydes is 1. The van der Waals surface area contributed by atoms with E-state index in [1.54, 1.807) is 107 Å². The molecule has 1 aromatic carbocycles. The van der Waals surface area contributed by atoms with Gasteiger partial charge in [-0.25, -0.2) is 0 Å². The van der Waals surface area contributed by atoms with Gasteiger partial charge < -0.3 is 10.1 Å². The van der Waals surface area contributed by atoms with Crippen LogP contribution < -0.4 is 5.32 Å². The van der Waals surface area contributed by atoms with Crippen molar-refractivity contribution in [2.45, 2.75) is 45.8 Å². The second kappa shape index (κ2) is 115. The van der Waals surface area contributed by atoms with Gasteiger partial charge in [0.2, 0.25) is 5.91 Å². The Morgan fingerprint density at radius 1 is 0.250 bits per heavy atom. The van der Waals surface area contributed by atoms with Crippen LogP contribution in [-0.2, 0) is 902 Å². The predicted octanol–water partition coefficient (Wildman–Crippen LogP) is 3.15. The summed E-state index contributed by atoms with van der Waals surface area (Å²) >= 11 is 9.66. The standard InChI is InChI=1S/C16H19NO3.S100/c1-16(2,3)15(19)17-12-7-11-10(6-9(12)8-18)13-4-5-14(11)20-13;1-3-5-7-9-11-13-15-17-19-21-23-25-27-29-31-33-35-37-39-41-43-45-47-49-51-53-55-57-59-61-63-65-67-69-71-73-75-77-79-81-83-85-87-89-91-93-95-97-99-100-98-96-94-92-90-88-86-84-82-80-78-76-74-72-70-68-66-64-62-60-58-56-54-52-50-48-46-44-42-40-38-36-34-32-30-28-26-24-22-20-18-16-14-12-10-8-6-4-2/h6-8,13-14H,4-5H2,1-3H3,(H,17,19);. The number of benzene rings is 1. The summed E-state index contributed by atoms with van der Waals surface area (Å²) in [4.78, 5) is 23.4. The van der Waals surface area contributed by atoms with Crippen molar-refractivity contribution in [2.24, 2.45) is 5.41 Å². The molecule has 0 radical (unpaired) electrons. The molecule has 1 aromatic rings. The van der Waals surface area contributed by atoms with Crippen LogP contribution in [0.4, 0.5) is 5.69 Å². The predicted molar refractivity (Wildman–Crippen MR) is 812 cm³/mol. The number of anilines is 1. The summed E-state index contributed by atoms with van der Waals surface area (Å²) in [5.41, 5.74) is 2.86. The molecule has 0 saturated carbocycles. The van der Waals surface area contributed by atoms with Crippen LogP contribution in [0.5, 0.6) is 0 Å². The number of nitrogens with one attached hydrogen (secondary N) is 1. The molecule has 0 aliphatic carbocycles. The van der Waals surface area contributed by atoms with Crippen molar-refractivity contribution in [3.8, 4) is 0 Å². The SMILES string of the molecule is CC(C)(C)C(=O)Nc1cc2c(cc1C=O)C1CCC2O1.S=S=S=S=S=S=S=S=S=S=S=S=S=S=S=S=S=S=S=S=S=S=S=S=S=S=S=S=S=S=S=S=S=S=S=S=S=S=S=S=S=S=S=S=S=S=S=S=S=S=S=S=S=S=S=S=S=S=S=S=S=S=S=S=S=S=S=S=S=S=S=S=S=S=S=S=S=S=S=S=S=S=S=S=S=S=S=S=S=S=S=S=S=S=S=S=S=S=S=S. The number of carbonyl (C=O) groups excluding carboxylic acids is 2. The van der Waals surface area contributed by atoms with Crippen molar-refractivity contribution in [3.05, 3.63) is 28.8 Å².